The molecule has 2 rings (SSSR count). The Morgan fingerprint density at radius 1 is 1.53 bits per heavy atom. The van der Waals surface area contributed by atoms with Crippen LogP contribution in [0, 0.1) is 13.8 Å². The van der Waals surface area contributed by atoms with Gasteiger partial charge < -0.3 is 9.84 Å². The molecular formula is C12H14O3. The number of carboxylic acid groups (broad SMARTS) is 1. The van der Waals surface area contributed by atoms with Crippen LogP contribution < -0.4 is 4.74 Å². The second-order valence-electron chi connectivity index (χ2n) is 4.10. The molecule has 1 N–H and O–H groups in total. The Morgan fingerprint density at radius 2 is 2.27 bits per heavy atom. The summed E-state index contributed by atoms with van der Waals surface area (Å²) in [6.07, 6.45) is 0.150. The van der Waals surface area contributed by atoms with E-state index < -0.39 is 5.97 Å². The molecule has 3 nitrogen and oxygen atoms in total. The fraction of sp³-hybridized carbons (Fsp3) is 0.417. The van der Waals surface area contributed by atoms with E-state index in [1.165, 1.54) is 0 Å². The van der Waals surface area contributed by atoms with E-state index >= 15 is 0 Å². The average Bonchev–Trinajstić information content (AvgIpc) is 2.46. The van der Waals surface area contributed by atoms with Gasteiger partial charge in [0.1, 0.15) is 5.75 Å². The molecule has 0 saturated heterocycles. The summed E-state index contributed by atoms with van der Waals surface area (Å²) >= 11 is 0. The van der Waals surface area contributed by atoms with Crippen LogP contribution in [-0.2, 0) is 4.79 Å². The number of ether oxygens (including phenoxy) is 1. The van der Waals surface area contributed by atoms with E-state index in [0.29, 0.717) is 6.61 Å². The smallest absolute Gasteiger partial charge is 0.304 e. The summed E-state index contributed by atoms with van der Waals surface area (Å²) in [7, 11) is 0. The monoisotopic (exact) mass is 206 g/mol. The van der Waals surface area contributed by atoms with Crippen LogP contribution in [-0.4, -0.2) is 17.7 Å². The van der Waals surface area contributed by atoms with Crippen molar-refractivity contribution in [1.82, 2.24) is 0 Å². The molecule has 1 unspecified atom stereocenters. The minimum atomic E-state index is -0.767. The molecule has 0 radical (unpaired) electrons. The Balaban J connectivity index is 2.37. The van der Waals surface area contributed by atoms with Crippen LogP contribution in [0.2, 0.25) is 0 Å². The minimum Gasteiger partial charge on any atom is -0.493 e. The lowest BCUT2D eigenvalue weighted by Gasteiger charge is -2.09. The summed E-state index contributed by atoms with van der Waals surface area (Å²) in [6.45, 7) is 4.52. The molecule has 0 amide bonds. The normalized spacial score (nSPS) is 18.4. The highest BCUT2D eigenvalue weighted by Crippen LogP contribution is 2.38. The molecule has 1 heterocycles. The van der Waals surface area contributed by atoms with Crippen molar-refractivity contribution in [3.05, 3.63) is 28.8 Å². The minimum absolute atomic E-state index is 0.0121. The van der Waals surface area contributed by atoms with Crippen LogP contribution >= 0.6 is 0 Å². The van der Waals surface area contributed by atoms with Crippen molar-refractivity contribution in [2.75, 3.05) is 6.61 Å². The Kier molecular flexibility index (Phi) is 2.39. The molecule has 1 aromatic rings. The van der Waals surface area contributed by atoms with Gasteiger partial charge in [-0.2, -0.15) is 0 Å². The third-order valence-corrected chi connectivity index (χ3v) is 2.76. The summed E-state index contributed by atoms with van der Waals surface area (Å²) < 4.78 is 5.51. The molecular weight excluding hydrogens is 192 g/mol. The molecule has 0 fully saturated rings. The number of rotatable bonds is 2. The number of aliphatic carboxylic acids is 1. The van der Waals surface area contributed by atoms with E-state index in [4.69, 9.17) is 9.84 Å². The van der Waals surface area contributed by atoms with Gasteiger partial charge in [-0.3, -0.25) is 4.79 Å². The van der Waals surface area contributed by atoms with Gasteiger partial charge in [0.2, 0.25) is 0 Å². The molecule has 1 atom stereocenters. The zero-order chi connectivity index (χ0) is 11.0. The van der Waals surface area contributed by atoms with Gasteiger partial charge in [0.15, 0.2) is 0 Å². The zero-order valence-electron chi connectivity index (χ0n) is 8.91. The maximum absolute atomic E-state index is 10.7. The highest BCUT2D eigenvalue weighted by Gasteiger charge is 2.27. The summed E-state index contributed by atoms with van der Waals surface area (Å²) in [5, 5.41) is 8.79. The number of aryl methyl sites for hydroxylation is 2. The zero-order valence-corrected chi connectivity index (χ0v) is 8.91. The lowest BCUT2D eigenvalue weighted by molar-refractivity contribution is -0.137. The van der Waals surface area contributed by atoms with E-state index in [9.17, 15) is 4.79 Å². The second-order valence-corrected chi connectivity index (χ2v) is 4.10. The van der Waals surface area contributed by atoms with Gasteiger partial charge in [0.05, 0.1) is 13.0 Å². The molecule has 1 aliphatic rings. The number of hydrogen-bond donors (Lipinski definition) is 1. The van der Waals surface area contributed by atoms with Crippen LogP contribution in [0.25, 0.3) is 0 Å². The van der Waals surface area contributed by atoms with E-state index in [0.717, 1.165) is 22.4 Å². The topological polar surface area (TPSA) is 46.5 Å². The summed E-state index contributed by atoms with van der Waals surface area (Å²) in [5.74, 6) is 0.105. The van der Waals surface area contributed by atoms with E-state index in [2.05, 4.69) is 6.07 Å². The van der Waals surface area contributed by atoms with Crippen LogP contribution in [0.15, 0.2) is 12.1 Å². The van der Waals surface area contributed by atoms with E-state index in [-0.39, 0.29) is 12.3 Å². The first-order chi connectivity index (χ1) is 7.08. The fourth-order valence-electron chi connectivity index (χ4n) is 2.23. The van der Waals surface area contributed by atoms with Gasteiger partial charge >= 0.3 is 5.97 Å². The highest BCUT2D eigenvalue weighted by atomic mass is 16.5. The molecule has 0 saturated carbocycles. The number of hydrogen-bond acceptors (Lipinski definition) is 2. The second kappa shape index (κ2) is 3.57. The lowest BCUT2D eigenvalue weighted by atomic mass is 9.93. The van der Waals surface area contributed by atoms with Gasteiger partial charge in [-0.15, -0.1) is 0 Å². The maximum Gasteiger partial charge on any atom is 0.304 e. The van der Waals surface area contributed by atoms with Crippen LogP contribution in [0.4, 0.5) is 0 Å². The fourth-order valence-corrected chi connectivity index (χ4v) is 2.23. The number of fused-ring (bicyclic) bond motifs is 1. The standard InChI is InChI=1S/C12H14O3/c1-7-3-8(2)12-9(5-11(13)14)6-15-10(12)4-7/h3-4,9H,5-6H2,1-2H3,(H,13,14). The molecule has 0 bridgehead atoms. The van der Waals surface area contributed by atoms with Crippen molar-refractivity contribution in [1.29, 1.82) is 0 Å². The van der Waals surface area contributed by atoms with Gasteiger partial charge in [-0.05, 0) is 31.0 Å². The van der Waals surface area contributed by atoms with Gasteiger partial charge in [-0.1, -0.05) is 6.07 Å². The molecule has 80 valence electrons. The van der Waals surface area contributed by atoms with Crippen LogP contribution in [0.5, 0.6) is 5.75 Å². The molecule has 1 aliphatic heterocycles. The van der Waals surface area contributed by atoms with Gasteiger partial charge in [0.25, 0.3) is 0 Å². The first-order valence-corrected chi connectivity index (χ1v) is 5.03. The Bertz CT molecular complexity index is 410. The quantitative estimate of drug-likeness (QED) is 0.807. The SMILES string of the molecule is Cc1cc(C)c2c(c1)OCC2CC(=O)O. The van der Waals surface area contributed by atoms with Crippen molar-refractivity contribution in [3.63, 3.8) is 0 Å². The van der Waals surface area contributed by atoms with Gasteiger partial charge in [-0.25, -0.2) is 0 Å². The summed E-state index contributed by atoms with van der Waals surface area (Å²) in [5.41, 5.74) is 3.36. The molecule has 0 aromatic heterocycles. The van der Waals surface area contributed by atoms with Crippen molar-refractivity contribution >= 4 is 5.97 Å². The molecule has 0 aliphatic carbocycles. The number of benzene rings is 1. The largest absolute Gasteiger partial charge is 0.493 e. The first kappa shape index (κ1) is 10.0. The number of carboxylic acids is 1. The predicted molar refractivity (Wildman–Crippen MR) is 56.4 cm³/mol. The molecule has 3 heteroatoms. The van der Waals surface area contributed by atoms with Crippen molar-refractivity contribution < 1.29 is 14.6 Å². The Morgan fingerprint density at radius 3 is 2.93 bits per heavy atom. The first-order valence-electron chi connectivity index (χ1n) is 5.03. The molecule has 15 heavy (non-hydrogen) atoms. The number of carbonyl (C=O) groups is 1. The summed E-state index contributed by atoms with van der Waals surface area (Å²) in [6, 6.07) is 4.05. The maximum atomic E-state index is 10.7. The molecule has 1 aromatic carbocycles. The van der Waals surface area contributed by atoms with Gasteiger partial charge in [0, 0.05) is 11.5 Å². The van der Waals surface area contributed by atoms with E-state index in [1.807, 2.05) is 19.9 Å². The Hall–Kier alpha value is -1.51. The van der Waals surface area contributed by atoms with Crippen LogP contribution in [0.3, 0.4) is 0 Å². The lowest BCUT2D eigenvalue weighted by Crippen LogP contribution is -2.08. The molecule has 0 spiro atoms. The third-order valence-electron chi connectivity index (χ3n) is 2.76. The predicted octanol–water partition coefficient (Wildman–Crippen LogP) is 2.25. The average molecular weight is 206 g/mol. The highest BCUT2D eigenvalue weighted by molar-refractivity contribution is 5.69. The summed E-state index contributed by atoms with van der Waals surface area (Å²) in [4.78, 5) is 10.7. The Labute approximate surface area is 88.7 Å². The van der Waals surface area contributed by atoms with Crippen molar-refractivity contribution in [2.45, 2.75) is 26.2 Å². The van der Waals surface area contributed by atoms with Crippen molar-refractivity contribution in [3.8, 4) is 5.75 Å². The van der Waals surface area contributed by atoms with Crippen molar-refractivity contribution in [2.24, 2.45) is 0 Å². The van der Waals surface area contributed by atoms with E-state index in [1.54, 1.807) is 0 Å². The third kappa shape index (κ3) is 1.82. The van der Waals surface area contributed by atoms with Crippen LogP contribution in [0.1, 0.15) is 29.0 Å².